The summed E-state index contributed by atoms with van der Waals surface area (Å²) in [6.45, 7) is 0. The van der Waals surface area contributed by atoms with Gasteiger partial charge in [0.1, 0.15) is 0 Å². The zero-order chi connectivity index (χ0) is 9.35. The maximum Gasteiger partial charge on any atom is 0.505 e. The molecule has 0 fully saturated rings. The zero-order valence-corrected chi connectivity index (χ0v) is 5.76. The monoisotopic (exact) mass is 179 g/mol. The van der Waals surface area contributed by atoms with Gasteiger partial charge in [0, 0.05) is 11.8 Å². The van der Waals surface area contributed by atoms with E-state index in [2.05, 4.69) is 4.98 Å². The molecular formula is C5H5BF3NO2. The Balaban J connectivity index is 2.92. The number of nitrogens with one attached hydrogen (secondary N) is 1. The third kappa shape index (κ3) is 1.80. The molecule has 0 aliphatic carbocycles. The summed E-state index contributed by atoms with van der Waals surface area (Å²) in [7, 11) is -1.90. The minimum Gasteiger partial charge on any atom is -0.422 e. The van der Waals surface area contributed by atoms with Crippen LogP contribution in [0.5, 0.6) is 0 Å². The first-order valence-electron chi connectivity index (χ1n) is 3.03. The molecule has 0 amide bonds. The molecule has 7 heteroatoms. The van der Waals surface area contributed by atoms with E-state index < -0.39 is 18.9 Å². The third-order valence-corrected chi connectivity index (χ3v) is 1.31. The van der Waals surface area contributed by atoms with E-state index in [1.54, 1.807) is 0 Å². The summed E-state index contributed by atoms with van der Waals surface area (Å²) in [5.41, 5.74) is -1.20. The SMILES string of the molecule is OB(O)c1cc(C(F)(F)F)c[nH]1. The number of aromatic amines is 1. The average Bonchev–Trinajstić information content (AvgIpc) is 2.30. The lowest BCUT2D eigenvalue weighted by atomic mass is 9.86. The minimum absolute atomic E-state index is 0.276. The summed E-state index contributed by atoms with van der Waals surface area (Å²) in [6, 6.07) is 0.644. The molecule has 1 aromatic heterocycles. The molecule has 0 saturated carbocycles. The number of halogens is 3. The van der Waals surface area contributed by atoms with Crippen molar-refractivity contribution in [1.82, 2.24) is 4.98 Å². The van der Waals surface area contributed by atoms with Crippen molar-refractivity contribution >= 4 is 12.7 Å². The van der Waals surface area contributed by atoms with Crippen LogP contribution in [0, 0.1) is 0 Å². The van der Waals surface area contributed by atoms with Gasteiger partial charge >= 0.3 is 13.3 Å². The van der Waals surface area contributed by atoms with Gasteiger partial charge in [0.15, 0.2) is 0 Å². The molecule has 0 bridgehead atoms. The Hall–Kier alpha value is -0.945. The van der Waals surface area contributed by atoms with Crippen LogP contribution in [0.4, 0.5) is 13.2 Å². The maximum atomic E-state index is 11.9. The first kappa shape index (κ1) is 9.15. The Morgan fingerprint density at radius 1 is 1.33 bits per heavy atom. The number of alkyl halides is 3. The second-order valence-electron chi connectivity index (χ2n) is 2.22. The largest absolute Gasteiger partial charge is 0.505 e. The highest BCUT2D eigenvalue weighted by atomic mass is 19.4. The van der Waals surface area contributed by atoms with Crippen LogP contribution in [0.15, 0.2) is 12.3 Å². The van der Waals surface area contributed by atoms with E-state index in [0.29, 0.717) is 12.3 Å². The van der Waals surface area contributed by atoms with E-state index in [0.717, 1.165) is 0 Å². The van der Waals surface area contributed by atoms with Gasteiger partial charge < -0.3 is 15.0 Å². The van der Waals surface area contributed by atoms with Crippen molar-refractivity contribution in [2.24, 2.45) is 0 Å². The van der Waals surface area contributed by atoms with Gasteiger partial charge in [-0.1, -0.05) is 0 Å². The molecule has 12 heavy (non-hydrogen) atoms. The Morgan fingerprint density at radius 2 is 1.92 bits per heavy atom. The van der Waals surface area contributed by atoms with Gasteiger partial charge in [-0.2, -0.15) is 13.2 Å². The molecule has 1 aromatic rings. The predicted octanol–water partition coefficient (Wildman–Crippen LogP) is -0.287. The summed E-state index contributed by atoms with van der Waals surface area (Å²) in [5, 5.41) is 16.9. The van der Waals surface area contributed by atoms with E-state index in [1.165, 1.54) is 0 Å². The summed E-state index contributed by atoms with van der Waals surface area (Å²) < 4.78 is 35.6. The highest BCUT2D eigenvalue weighted by Gasteiger charge is 2.32. The highest BCUT2D eigenvalue weighted by molar-refractivity contribution is 6.57. The van der Waals surface area contributed by atoms with Gasteiger partial charge in [-0.3, -0.25) is 0 Å². The fourth-order valence-electron chi connectivity index (χ4n) is 0.725. The number of aromatic nitrogens is 1. The fraction of sp³-hybridized carbons (Fsp3) is 0.200. The average molecular weight is 179 g/mol. The normalized spacial score (nSPS) is 11.8. The smallest absolute Gasteiger partial charge is 0.422 e. The van der Waals surface area contributed by atoms with E-state index in [1.807, 2.05) is 0 Å². The molecule has 0 unspecified atom stereocenters. The molecule has 0 aromatic carbocycles. The van der Waals surface area contributed by atoms with Crippen molar-refractivity contribution in [3.8, 4) is 0 Å². The van der Waals surface area contributed by atoms with Crippen molar-refractivity contribution in [3.05, 3.63) is 17.8 Å². The summed E-state index contributed by atoms with van der Waals surface area (Å²) >= 11 is 0. The fourth-order valence-corrected chi connectivity index (χ4v) is 0.725. The van der Waals surface area contributed by atoms with Gasteiger partial charge in [0.2, 0.25) is 0 Å². The van der Waals surface area contributed by atoms with Crippen LogP contribution in [-0.2, 0) is 6.18 Å². The van der Waals surface area contributed by atoms with Crippen molar-refractivity contribution in [1.29, 1.82) is 0 Å². The molecule has 3 N–H and O–H groups in total. The standard InChI is InChI=1S/C5H5BF3NO2/c7-5(8,9)3-1-4(6(11)12)10-2-3/h1-2,10-12H. The Kier molecular flexibility index (Phi) is 2.16. The van der Waals surface area contributed by atoms with Crippen molar-refractivity contribution in [2.45, 2.75) is 6.18 Å². The van der Waals surface area contributed by atoms with Crippen molar-refractivity contribution in [3.63, 3.8) is 0 Å². The van der Waals surface area contributed by atoms with E-state index in [-0.39, 0.29) is 5.59 Å². The third-order valence-electron chi connectivity index (χ3n) is 1.31. The zero-order valence-electron chi connectivity index (χ0n) is 5.76. The molecule has 66 valence electrons. The van der Waals surface area contributed by atoms with Gasteiger partial charge in [-0.15, -0.1) is 0 Å². The van der Waals surface area contributed by atoms with Crippen LogP contribution >= 0.6 is 0 Å². The Labute approximate surface area is 66.0 Å². The molecule has 0 radical (unpaired) electrons. The van der Waals surface area contributed by atoms with Gasteiger partial charge in [0.05, 0.1) is 5.56 Å². The molecule has 0 atom stereocenters. The van der Waals surface area contributed by atoms with Crippen LogP contribution in [0.25, 0.3) is 0 Å². The summed E-state index contributed by atoms with van der Waals surface area (Å²) in [5.74, 6) is 0. The quantitative estimate of drug-likeness (QED) is 0.519. The molecular weight excluding hydrogens is 174 g/mol. The number of hydrogen-bond acceptors (Lipinski definition) is 2. The summed E-state index contributed by atoms with van der Waals surface area (Å²) in [4.78, 5) is 2.09. The second kappa shape index (κ2) is 2.83. The lowest BCUT2D eigenvalue weighted by Gasteiger charge is -2.00. The predicted molar refractivity (Wildman–Crippen MR) is 35.6 cm³/mol. The summed E-state index contributed by atoms with van der Waals surface area (Å²) in [6.07, 6.45) is -3.78. The topological polar surface area (TPSA) is 56.2 Å². The Bertz CT molecular complexity index is 270. The van der Waals surface area contributed by atoms with Crippen molar-refractivity contribution < 1.29 is 23.2 Å². The minimum atomic E-state index is -4.45. The van der Waals surface area contributed by atoms with Crippen LogP contribution in [0.2, 0.25) is 0 Å². The first-order valence-corrected chi connectivity index (χ1v) is 3.03. The van der Waals surface area contributed by atoms with Crippen LogP contribution in [0.3, 0.4) is 0 Å². The van der Waals surface area contributed by atoms with Crippen LogP contribution < -0.4 is 5.59 Å². The lowest BCUT2D eigenvalue weighted by Crippen LogP contribution is -2.30. The Morgan fingerprint density at radius 3 is 2.17 bits per heavy atom. The molecule has 0 spiro atoms. The van der Waals surface area contributed by atoms with Crippen molar-refractivity contribution in [2.75, 3.05) is 0 Å². The number of rotatable bonds is 1. The molecule has 0 saturated heterocycles. The lowest BCUT2D eigenvalue weighted by molar-refractivity contribution is -0.137. The van der Waals surface area contributed by atoms with Gasteiger partial charge in [-0.25, -0.2) is 0 Å². The molecule has 0 aliphatic rings. The number of H-pyrrole nitrogens is 1. The molecule has 3 nitrogen and oxygen atoms in total. The van der Waals surface area contributed by atoms with E-state index in [9.17, 15) is 13.2 Å². The molecule has 0 aliphatic heterocycles. The van der Waals surface area contributed by atoms with E-state index in [4.69, 9.17) is 10.0 Å². The maximum absolute atomic E-state index is 11.9. The highest BCUT2D eigenvalue weighted by Crippen LogP contribution is 2.27. The second-order valence-corrected chi connectivity index (χ2v) is 2.22. The first-order chi connectivity index (χ1) is 5.41. The van der Waals surface area contributed by atoms with Crippen LogP contribution in [-0.4, -0.2) is 22.2 Å². The molecule has 1 heterocycles. The van der Waals surface area contributed by atoms with Gasteiger partial charge in [-0.05, 0) is 6.07 Å². The van der Waals surface area contributed by atoms with Gasteiger partial charge in [0.25, 0.3) is 0 Å². The number of hydrogen-bond donors (Lipinski definition) is 3. The van der Waals surface area contributed by atoms with Crippen LogP contribution in [0.1, 0.15) is 5.56 Å². The molecule has 1 rings (SSSR count). The van der Waals surface area contributed by atoms with E-state index >= 15 is 0 Å².